The highest BCUT2D eigenvalue weighted by Crippen LogP contribution is 2.09. The molecule has 0 aliphatic rings. The van der Waals surface area contributed by atoms with Crippen LogP contribution in [0.5, 0.6) is 0 Å². The molecule has 5 unspecified atom stereocenters. The van der Waals surface area contributed by atoms with Gasteiger partial charge in [0.25, 0.3) is 0 Å². The first-order chi connectivity index (χ1) is 15.0. The topological polar surface area (TPSA) is 215 Å². The summed E-state index contributed by atoms with van der Waals surface area (Å²) in [4.78, 5) is 52.9. The summed E-state index contributed by atoms with van der Waals surface area (Å²) in [6.45, 7) is 3.71. The molecule has 0 aromatic heterocycles. The molecule has 10 N–H and O–H groups in total. The molecular formula is C18H35N7O5S2. The Balaban J connectivity index is 5.42. The molecule has 0 radical (unpaired) electrons. The van der Waals surface area contributed by atoms with E-state index in [4.69, 9.17) is 17.2 Å². The van der Waals surface area contributed by atoms with Gasteiger partial charge in [-0.3, -0.25) is 19.4 Å². The Morgan fingerprint density at radius 1 is 0.969 bits per heavy atom. The monoisotopic (exact) mass is 493 g/mol. The minimum Gasteiger partial charge on any atom is -0.480 e. The van der Waals surface area contributed by atoms with Gasteiger partial charge in [-0.1, -0.05) is 20.3 Å². The van der Waals surface area contributed by atoms with Gasteiger partial charge >= 0.3 is 5.97 Å². The fourth-order valence-corrected chi connectivity index (χ4v) is 2.96. The van der Waals surface area contributed by atoms with Gasteiger partial charge in [-0.2, -0.15) is 25.3 Å². The summed E-state index contributed by atoms with van der Waals surface area (Å²) in [6.07, 6.45) is 0.988. The molecule has 32 heavy (non-hydrogen) atoms. The minimum atomic E-state index is -1.18. The number of guanidine groups is 1. The van der Waals surface area contributed by atoms with Gasteiger partial charge in [-0.15, -0.1) is 0 Å². The Bertz CT molecular complexity index is 676. The fraction of sp³-hybridized carbons (Fsp3) is 0.722. The van der Waals surface area contributed by atoms with Crippen molar-refractivity contribution < 1.29 is 24.3 Å². The van der Waals surface area contributed by atoms with Gasteiger partial charge in [0.15, 0.2) is 5.96 Å². The molecule has 0 rings (SSSR count). The third kappa shape index (κ3) is 10.9. The van der Waals surface area contributed by atoms with E-state index >= 15 is 0 Å². The Morgan fingerprint density at radius 3 is 2.00 bits per heavy atom. The number of aliphatic imine (C=N–C) groups is 1. The Kier molecular flexibility index (Phi) is 14.5. The predicted molar refractivity (Wildman–Crippen MR) is 128 cm³/mol. The highest BCUT2D eigenvalue weighted by atomic mass is 32.1. The van der Waals surface area contributed by atoms with E-state index in [-0.39, 0.29) is 36.3 Å². The fourth-order valence-electron chi connectivity index (χ4n) is 2.54. The summed E-state index contributed by atoms with van der Waals surface area (Å²) < 4.78 is 0. The van der Waals surface area contributed by atoms with Crippen LogP contribution in [-0.4, -0.2) is 77.0 Å². The van der Waals surface area contributed by atoms with Crippen LogP contribution in [-0.2, 0) is 19.2 Å². The molecule has 0 spiro atoms. The van der Waals surface area contributed by atoms with Crippen molar-refractivity contribution in [3.63, 3.8) is 0 Å². The number of nitrogens with one attached hydrogen (secondary N) is 3. The largest absolute Gasteiger partial charge is 0.480 e. The summed E-state index contributed by atoms with van der Waals surface area (Å²) in [5, 5.41) is 16.9. The number of carbonyl (C=O) groups is 4. The average molecular weight is 494 g/mol. The second-order valence-electron chi connectivity index (χ2n) is 7.25. The van der Waals surface area contributed by atoms with E-state index in [0.29, 0.717) is 12.8 Å². The smallest absolute Gasteiger partial charge is 0.326 e. The number of hydrogen-bond donors (Lipinski definition) is 9. The summed E-state index contributed by atoms with van der Waals surface area (Å²) >= 11 is 8.01. The third-order valence-corrected chi connectivity index (χ3v) is 5.46. The molecule has 0 aliphatic heterocycles. The van der Waals surface area contributed by atoms with Crippen molar-refractivity contribution in [3.8, 4) is 0 Å². The SMILES string of the molecule is CCC(C)C(NC(=O)C(CCCN=C(N)N)NC(=O)C(CS)NC(=O)C(N)CS)C(=O)O. The molecule has 14 heteroatoms. The first kappa shape index (κ1) is 29.8. The van der Waals surface area contributed by atoms with Gasteiger partial charge in [-0.25, -0.2) is 4.79 Å². The molecule has 0 aromatic rings. The molecule has 0 heterocycles. The van der Waals surface area contributed by atoms with Crippen molar-refractivity contribution in [1.82, 2.24) is 16.0 Å². The molecule has 0 bridgehead atoms. The average Bonchev–Trinajstić information content (AvgIpc) is 2.75. The van der Waals surface area contributed by atoms with Crippen molar-refractivity contribution in [2.75, 3.05) is 18.1 Å². The summed E-state index contributed by atoms with van der Waals surface area (Å²) in [5.41, 5.74) is 16.2. The van der Waals surface area contributed by atoms with Gasteiger partial charge in [0, 0.05) is 18.1 Å². The van der Waals surface area contributed by atoms with Crippen LogP contribution in [0.4, 0.5) is 0 Å². The number of aliphatic carboxylic acids is 1. The van der Waals surface area contributed by atoms with Crippen LogP contribution in [0.3, 0.4) is 0 Å². The third-order valence-electron chi connectivity index (χ3n) is 4.70. The molecule has 5 atom stereocenters. The normalized spacial score (nSPS) is 15.4. The van der Waals surface area contributed by atoms with Crippen molar-refractivity contribution in [1.29, 1.82) is 0 Å². The van der Waals surface area contributed by atoms with Crippen LogP contribution in [0.2, 0.25) is 0 Å². The molecule has 0 saturated heterocycles. The zero-order valence-corrected chi connectivity index (χ0v) is 20.1. The summed E-state index contributed by atoms with van der Waals surface area (Å²) in [7, 11) is 0. The van der Waals surface area contributed by atoms with Gasteiger partial charge in [0.05, 0.1) is 6.04 Å². The van der Waals surface area contributed by atoms with E-state index in [1.54, 1.807) is 13.8 Å². The molecule has 0 aliphatic carbocycles. The molecule has 3 amide bonds. The lowest BCUT2D eigenvalue weighted by atomic mass is 9.98. The van der Waals surface area contributed by atoms with E-state index in [0.717, 1.165) is 0 Å². The maximum Gasteiger partial charge on any atom is 0.326 e. The van der Waals surface area contributed by atoms with Crippen LogP contribution in [0.15, 0.2) is 4.99 Å². The van der Waals surface area contributed by atoms with Crippen LogP contribution < -0.4 is 33.2 Å². The van der Waals surface area contributed by atoms with Crippen molar-refractivity contribution in [3.05, 3.63) is 0 Å². The number of thiol groups is 2. The number of carboxylic acids is 1. The maximum absolute atomic E-state index is 12.8. The van der Waals surface area contributed by atoms with E-state index in [1.165, 1.54) is 0 Å². The quantitative estimate of drug-likeness (QED) is 0.0527. The zero-order valence-electron chi connectivity index (χ0n) is 18.3. The standard InChI is InChI=1S/C18H35N7O5S2/c1-3-9(2)13(17(29)30)25-15(27)11(5-4-6-22-18(20)21)23-16(28)12(8-32)24-14(26)10(19)7-31/h9-13,31-32H,3-8,19H2,1-2H3,(H,23,28)(H,24,26)(H,25,27)(H,29,30)(H4,20,21,22). The lowest BCUT2D eigenvalue weighted by Crippen LogP contribution is -2.58. The first-order valence-corrected chi connectivity index (χ1v) is 11.4. The highest BCUT2D eigenvalue weighted by Gasteiger charge is 2.31. The number of nitrogens with zero attached hydrogens (tertiary/aromatic N) is 1. The van der Waals surface area contributed by atoms with E-state index in [1.807, 2.05) is 0 Å². The number of carboxylic acid groups (broad SMARTS) is 1. The van der Waals surface area contributed by atoms with Crippen LogP contribution in [0.1, 0.15) is 33.1 Å². The molecule has 0 aromatic carbocycles. The Morgan fingerprint density at radius 2 is 1.53 bits per heavy atom. The molecule has 0 saturated carbocycles. The van der Waals surface area contributed by atoms with Crippen molar-refractivity contribution >= 4 is 54.9 Å². The summed E-state index contributed by atoms with van der Waals surface area (Å²) in [6, 6.07) is -4.19. The highest BCUT2D eigenvalue weighted by molar-refractivity contribution is 7.80. The Hall–Kier alpha value is -2.19. The van der Waals surface area contributed by atoms with E-state index in [9.17, 15) is 24.3 Å². The first-order valence-electron chi connectivity index (χ1n) is 10.1. The number of rotatable bonds is 15. The molecule has 12 nitrogen and oxygen atoms in total. The lowest BCUT2D eigenvalue weighted by Gasteiger charge is -2.26. The molecule has 184 valence electrons. The van der Waals surface area contributed by atoms with Gasteiger partial charge in [0.1, 0.15) is 18.1 Å². The van der Waals surface area contributed by atoms with Crippen LogP contribution in [0, 0.1) is 5.92 Å². The predicted octanol–water partition coefficient (Wildman–Crippen LogP) is -2.19. The lowest BCUT2D eigenvalue weighted by molar-refractivity contribution is -0.143. The van der Waals surface area contributed by atoms with E-state index in [2.05, 4.69) is 46.2 Å². The summed E-state index contributed by atoms with van der Waals surface area (Å²) in [5.74, 6) is -3.54. The second-order valence-corrected chi connectivity index (χ2v) is 7.98. The molecule has 0 fully saturated rings. The van der Waals surface area contributed by atoms with E-state index < -0.39 is 47.9 Å². The maximum atomic E-state index is 12.8. The second kappa shape index (κ2) is 15.6. The van der Waals surface area contributed by atoms with Crippen LogP contribution >= 0.6 is 25.3 Å². The number of carbonyl (C=O) groups excluding carboxylic acids is 3. The number of nitrogens with two attached hydrogens (primary N) is 3. The van der Waals surface area contributed by atoms with Gasteiger partial charge in [0.2, 0.25) is 17.7 Å². The number of amides is 3. The minimum absolute atomic E-state index is 0.0518. The van der Waals surface area contributed by atoms with Crippen LogP contribution in [0.25, 0.3) is 0 Å². The van der Waals surface area contributed by atoms with Crippen molar-refractivity contribution in [2.45, 2.75) is 57.3 Å². The number of hydrogen-bond acceptors (Lipinski definition) is 8. The van der Waals surface area contributed by atoms with Gasteiger partial charge < -0.3 is 38.3 Å². The van der Waals surface area contributed by atoms with Gasteiger partial charge in [-0.05, 0) is 18.8 Å². The van der Waals surface area contributed by atoms with Crippen molar-refractivity contribution in [2.24, 2.45) is 28.1 Å². The Labute approximate surface area is 198 Å². The molecular weight excluding hydrogens is 458 g/mol. The zero-order chi connectivity index (χ0) is 24.8.